The molecule has 0 radical (unpaired) electrons. The van der Waals surface area contributed by atoms with Gasteiger partial charge in [0.15, 0.2) is 0 Å². The second-order valence-corrected chi connectivity index (χ2v) is 4.95. The van der Waals surface area contributed by atoms with Crippen LogP contribution < -0.4 is 5.73 Å². The van der Waals surface area contributed by atoms with E-state index in [1.54, 1.807) is 11.3 Å². The van der Waals surface area contributed by atoms with E-state index in [1.807, 2.05) is 5.51 Å². The fraction of sp³-hybridized carbons (Fsp3) is 0.700. The number of hydrogen-bond acceptors (Lipinski definition) is 3. The fourth-order valence-corrected chi connectivity index (χ4v) is 2.94. The van der Waals surface area contributed by atoms with Crippen LogP contribution in [0.3, 0.4) is 0 Å². The summed E-state index contributed by atoms with van der Waals surface area (Å²) in [7, 11) is 0. The molecule has 1 aliphatic rings. The van der Waals surface area contributed by atoms with Gasteiger partial charge in [-0.2, -0.15) is 0 Å². The predicted octanol–water partition coefficient (Wildman–Crippen LogP) is 2.51. The first-order valence-electron chi connectivity index (χ1n) is 4.88. The van der Waals surface area contributed by atoms with E-state index in [4.69, 9.17) is 5.73 Å². The number of aromatic nitrogens is 1. The van der Waals surface area contributed by atoms with Crippen molar-refractivity contribution in [1.82, 2.24) is 4.98 Å². The monoisotopic (exact) mass is 196 g/mol. The highest BCUT2D eigenvalue weighted by molar-refractivity contribution is 7.07. The third-order valence-electron chi connectivity index (χ3n) is 2.97. The highest BCUT2D eigenvalue weighted by Gasteiger charge is 2.33. The van der Waals surface area contributed by atoms with Gasteiger partial charge in [0.1, 0.15) is 0 Å². The van der Waals surface area contributed by atoms with Crippen LogP contribution in [0.25, 0.3) is 0 Å². The molecule has 1 heterocycles. The van der Waals surface area contributed by atoms with Gasteiger partial charge in [-0.25, -0.2) is 4.98 Å². The summed E-state index contributed by atoms with van der Waals surface area (Å²) < 4.78 is 0. The molecule has 1 aliphatic carbocycles. The lowest BCUT2D eigenvalue weighted by atomic mass is 9.75. The maximum Gasteiger partial charge on any atom is 0.0795 e. The van der Waals surface area contributed by atoms with Crippen LogP contribution in [0.15, 0.2) is 10.9 Å². The van der Waals surface area contributed by atoms with Gasteiger partial charge in [-0.05, 0) is 18.8 Å². The third kappa shape index (κ3) is 1.76. The zero-order valence-corrected chi connectivity index (χ0v) is 8.81. The van der Waals surface area contributed by atoms with Gasteiger partial charge in [-0.3, -0.25) is 0 Å². The summed E-state index contributed by atoms with van der Waals surface area (Å²) in [6, 6.07) is 0. The van der Waals surface area contributed by atoms with E-state index in [0.717, 1.165) is 24.5 Å². The Bertz CT molecular complexity index is 270. The van der Waals surface area contributed by atoms with E-state index in [2.05, 4.69) is 17.3 Å². The molecular weight excluding hydrogens is 180 g/mol. The Balaban J connectivity index is 2.20. The number of rotatable bonds is 1. The summed E-state index contributed by atoms with van der Waals surface area (Å²) in [5.74, 6) is 0.750. The largest absolute Gasteiger partial charge is 0.320 e. The van der Waals surface area contributed by atoms with Gasteiger partial charge >= 0.3 is 0 Å². The summed E-state index contributed by atoms with van der Waals surface area (Å²) in [4.78, 5) is 4.34. The van der Waals surface area contributed by atoms with Crippen LogP contribution in [0.1, 0.15) is 38.3 Å². The zero-order valence-electron chi connectivity index (χ0n) is 7.99. The molecule has 0 amide bonds. The fourth-order valence-electron chi connectivity index (χ4n) is 2.28. The van der Waals surface area contributed by atoms with Gasteiger partial charge < -0.3 is 5.73 Å². The van der Waals surface area contributed by atoms with E-state index in [0.29, 0.717) is 0 Å². The molecule has 1 saturated carbocycles. The van der Waals surface area contributed by atoms with Crippen molar-refractivity contribution in [2.75, 3.05) is 0 Å². The van der Waals surface area contributed by atoms with Crippen molar-refractivity contribution in [1.29, 1.82) is 0 Å². The molecule has 2 rings (SSSR count). The molecular formula is C10H16N2S. The van der Waals surface area contributed by atoms with Gasteiger partial charge in [0, 0.05) is 5.38 Å². The lowest BCUT2D eigenvalue weighted by Crippen LogP contribution is -2.41. The standard InChI is InChI=1S/C10H16N2S/c1-8-3-2-4-10(11,5-8)9-6-13-7-12-9/h6-8H,2-5,11H2,1H3. The van der Waals surface area contributed by atoms with E-state index in [1.165, 1.54) is 12.8 Å². The van der Waals surface area contributed by atoms with E-state index in [9.17, 15) is 0 Å². The van der Waals surface area contributed by atoms with Gasteiger partial charge in [0.2, 0.25) is 0 Å². The SMILES string of the molecule is CC1CCCC(N)(c2cscn2)C1. The van der Waals surface area contributed by atoms with Crippen molar-refractivity contribution in [3.05, 3.63) is 16.6 Å². The van der Waals surface area contributed by atoms with Crippen molar-refractivity contribution in [2.24, 2.45) is 11.7 Å². The van der Waals surface area contributed by atoms with Crippen molar-refractivity contribution in [2.45, 2.75) is 38.1 Å². The van der Waals surface area contributed by atoms with Gasteiger partial charge in [-0.1, -0.05) is 19.8 Å². The van der Waals surface area contributed by atoms with Crippen LogP contribution in [0.4, 0.5) is 0 Å². The number of hydrogen-bond donors (Lipinski definition) is 1. The average molecular weight is 196 g/mol. The molecule has 3 heteroatoms. The lowest BCUT2D eigenvalue weighted by molar-refractivity contribution is 0.235. The second-order valence-electron chi connectivity index (χ2n) is 4.23. The molecule has 2 unspecified atom stereocenters. The molecule has 0 bridgehead atoms. The van der Waals surface area contributed by atoms with Gasteiger partial charge in [-0.15, -0.1) is 11.3 Å². The maximum absolute atomic E-state index is 6.36. The summed E-state index contributed by atoms with van der Waals surface area (Å²) in [6.07, 6.45) is 4.76. The Labute approximate surface area is 83.2 Å². The minimum Gasteiger partial charge on any atom is -0.320 e. The Hall–Kier alpha value is -0.410. The molecule has 1 fully saturated rings. The van der Waals surface area contributed by atoms with Crippen molar-refractivity contribution >= 4 is 11.3 Å². The van der Waals surface area contributed by atoms with E-state index >= 15 is 0 Å². The predicted molar refractivity (Wildman–Crippen MR) is 55.6 cm³/mol. The molecule has 2 nitrogen and oxygen atoms in total. The molecule has 2 N–H and O–H groups in total. The molecule has 13 heavy (non-hydrogen) atoms. The molecule has 0 aliphatic heterocycles. The summed E-state index contributed by atoms with van der Waals surface area (Å²) >= 11 is 1.64. The lowest BCUT2D eigenvalue weighted by Gasteiger charge is -2.35. The van der Waals surface area contributed by atoms with Crippen LogP contribution >= 0.6 is 11.3 Å². The third-order valence-corrected chi connectivity index (χ3v) is 3.56. The van der Waals surface area contributed by atoms with Crippen LogP contribution in [0, 0.1) is 5.92 Å². The van der Waals surface area contributed by atoms with Crippen molar-refractivity contribution < 1.29 is 0 Å². The number of nitrogens with two attached hydrogens (primary N) is 1. The molecule has 1 aromatic heterocycles. The van der Waals surface area contributed by atoms with Gasteiger partial charge in [0.25, 0.3) is 0 Å². The number of thiazole rings is 1. The Morgan fingerprint density at radius 1 is 1.69 bits per heavy atom. The van der Waals surface area contributed by atoms with E-state index in [-0.39, 0.29) is 5.54 Å². The van der Waals surface area contributed by atoms with Crippen molar-refractivity contribution in [3.8, 4) is 0 Å². The summed E-state index contributed by atoms with van der Waals surface area (Å²) in [5, 5.41) is 2.10. The summed E-state index contributed by atoms with van der Waals surface area (Å²) in [6.45, 7) is 2.28. The first kappa shape index (κ1) is 9.16. The second kappa shape index (κ2) is 3.39. The Morgan fingerprint density at radius 2 is 2.54 bits per heavy atom. The smallest absolute Gasteiger partial charge is 0.0795 e. The number of nitrogens with zero attached hydrogens (tertiary/aromatic N) is 1. The molecule has 2 atom stereocenters. The minimum atomic E-state index is -0.127. The maximum atomic E-state index is 6.36. The molecule has 1 aromatic rings. The van der Waals surface area contributed by atoms with Crippen LogP contribution in [-0.4, -0.2) is 4.98 Å². The Kier molecular flexibility index (Phi) is 2.39. The Morgan fingerprint density at radius 3 is 3.15 bits per heavy atom. The zero-order chi connectivity index (χ0) is 9.31. The van der Waals surface area contributed by atoms with Crippen molar-refractivity contribution in [3.63, 3.8) is 0 Å². The molecule has 72 valence electrons. The highest BCUT2D eigenvalue weighted by Crippen LogP contribution is 2.37. The van der Waals surface area contributed by atoms with Crippen LogP contribution in [-0.2, 0) is 5.54 Å². The average Bonchev–Trinajstić information content (AvgIpc) is 2.55. The molecule has 0 aromatic carbocycles. The molecule has 0 saturated heterocycles. The quantitative estimate of drug-likeness (QED) is 0.749. The normalized spacial score (nSPS) is 34.8. The van der Waals surface area contributed by atoms with E-state index < -0.39 is 0 Å². The van der Waals surface area contributed by atoms with Gasteiger partial charge in [0.05, 0.1) is 16.7 Å². The summed E-state index contributed by atoms with van der Waals surface area (Å²) in [5.41, 5.74) is 9.21. The first-order chi connectivity index (χ1) is 6.21. The highest BCUT2D eigenvalue weighted by atomic mass is 32.1. The topological polar surface area (TPSA) is 38.9 Å². The molecule has 0 spiro atoms. The van der Waals surface area contributed by atoms with Crippen LogP contribution in [0.2, 0.25) is 0 Å². The first-order valence-corrected chi connectivity index (χ1v) is 5.82. The van der Waals surface area contributed by atoms with Crippen LogP contribution in [0.5, 0.6) is 0 Å². The minimum absolute atomic E-state index is 0.127.